The average Bonchev–Trinajstić information content (AvgIpc) is 3.21. The van der Waals surface area contributed by atoms with Gasteiger partial charge in [-0.05, 0) is 31.2 Å². The zero-order valence-electron chi connectivity index (χ0n) is 14.3. The molecule has 0 radical (unpaired) electrons. The minimum atomic E-state index is -3.34. The molecule has 2 heterocycles. The first kappa shape index (κ1) is 18.9. The van der Waals surface area contributed by atoms with E-state index in [-0.39, 0.29) is 22.8 Å². The molecule has 27 heavy (non-hydrogen) atoms. The van der Waals surface area contributed by atoms with E-state index in [9.17, 15) is 13.2 Å². The number of hydrogen-bond acceptors (Lipinski definition) is 9. The van der Waals surface area contributed by atoms with Crippen LogP contribution in [0.2, 0.25) is 0 Å². The molecule has 0 aliphatic carbocycles. The van der Waals surface area contributed by atoms with Crippen LogP contribution in [0.3, 0.4) is 0 Å². The van der Waals surface area contributed by atoms with Gasteiger partial charge in [0.2, 0.25) is 21.8 Å². The fourth-order valence-electron chi connectivity index (χ4n) is 2.01. The van der Waals surface area contributed by atoms with Crippen molar-refractivity contribution in [2.45, 2.75) is 12.1 Å². The van der Waals surface area contributed by atoms with Crippen molar-refractivity contribution in [3.63, 3.8) is 0 Å². The highest BCUT2D eigenvalue weighted by atomic mass is 32.2. The fourth-order valence-corrected chi connectivity index (χ4v) is 3.14. The zero-order valence-corrected chi connectivity index (χ0v) is 15.9. The van der Waals surface area contributed by atoms with E-state index >= 15 is 0 Å². The number of carbonyl (C=O) groups excluding carboxylic acids is 1. The number of nitrogens with one attached hydrogen (secondary N) is 2. The molecule has 0 atom stereocenters. The summed E-state index contributed by atoms with van der Waals surface area (Å²) >= 11 is 1.08. The number of nitrogens with zero attached hydrogens (tertiary/aromatic N) is 3. The molecule has 0 unspecified atom stereocenters. The summed E-state index contributed by atoms with van der Waals surface area (Å²) in [5.41, 5.74) is 1.05. The summed E-state index contributed by atoms with van der Waals surface area (Å²) in [6, 6.07) is 8.07. The molecular formula is C15H15N5O5S2. The van der Waals surface area contributed by atoms with E-state index < -0.39 is 10.0 Å². The molecule has 12 heteroatoms. The number of hydrogen-bond donors (Lipinski definition) is 2. The van der Waals surface area contributed by atoms with Crippen LogP contribution >= 0.6 is 11.8 Å². The van der Waals surface area contributed by atoms with Gasteiger partial charge in [-0.3, -0.25) is 9.52 Å². The predicted molar refractivity (Wildman–Crippen MR) is 98.8 cm³/mol. The second kappa shape index (κ2) is 7.80. The number of anilines is 2. The van der Waals surface area contributed by atoms with Crippen molar-refractivity contribution in [1.82, 2.24) is 15.4 Å². The van der Waals surface area contributed by atoms with Gasteiger partial charge in [0, 0.05) is 17.3 Å². The topological polar surface area (TPSA) is 140 Å². The molecule has 10 nitrogen and oxygen atoms in total. The van der Waals surface area contributed by atoms with Crippen molar-refractivity contribution in [1.29, 1.82) is 0 Å². The Bertz CT molecular complexity index is 1040. The molecule has 3 rings (SSSR count). The molecule has 0 aliphatic rings. The van der Waals surface area contributed by atoms with E-state index in [0.29, 0.717) is 22.8 Å². The molecule has 0 bridgehead atoms. The molecule has 0 aliphatic heterocycles. The standard InChI is InChI=1S/C15H15N5O5S2/c1-9-7-12(19-25-9)16-13(21)8-26-15-18-17-14(24-15)10-3-5-11(6-4-10)20-27(2,22)23/h3-7,20H,8H2,1-2H3,(H,16,19,21). The summed E-state index contributed by atoms with van der Waals surface area (Å²) in [7, 11) is -3.34. The Morgan fingerprint density at radius 3 is 2.59 bits per heavy atom. The summed E-state index contributed by atoms with van der Waals surface area (Å²) in [5.74, 6) is 0.967. The van der Waals surface area contributed by atoms with Crippen molar-refractivity contribution in [3.05, 3.63) is 36.1 Å². The summed E-state index contributed by atoms with van der Waals surface area (Å²) in [5, 5.41) is 14.3. The first-order chi connectivity index (χ1) is 12.8. The number of aromatic nitrogens is 3. The van der Waals surface area contributed by atoms with Crippen molar-refractivity contribution in [3.8, 4) is 11.5 Å². The lowest BCUT2D eigenvalue weighted by atomic mass is 10.2. The largest absolute Gasteiger partial charge is 0.411 e. The minimum absolute atomic E-state index is 0.0603. The van der Waals surface area contributed by atoms with E-state index in [1.165, 1.54) is 0 Å². The predicted octanol–water partition coefficient (Wildman–Crippen LogP) is 2.14. The van der Waals surface area contributed by atoms with Crippen LogP contribution in [0, 0.1) is 6.92 Å². The quantitative estimate of drug-likeness (QED) is 0.561. The third-order valence-electron chi connectivity index (χ3n) is 3.06. The Balaban J connectivity index is 1.57. The van der Waals surface area contributed by atoms with Crippen LogP contribution < -0.4 is 10.0 Å². The summed E-state index contributed by atoms with van der Waals surface area (Å²) in [6.07, 6.45) is 1.07. The maximum Gasteiger partial charge on any atom is 0.277 e. The van der Waals surface area contributed by atoms with Crippen molar-refractivity contribution in [2.24, 2.45) is 0 Å². The van der Waals surface area contributed by atoms with Gasteiger partial charge < -0.3 is 14.3 Å². The summed E-state index contributed by atoms with van der Waals surface area (Å²) in [6.45, 7) is 1.72. The number of aryl methyl sites for hydroxylation is 1. The van der Waals surface area contributed by atoms with E-state index in [1.54, 1.807) is 37.3 Å². The SMILES string of the molecule is Cc1cc(NC(=O)CSc2nnc(-c3ccc(NS(C)(=O)=O)cc3)o2)no1. The third-order valence-corrected chi connectivity index (χ3v) is 4.49. The molecule has 3 aromatic rings. The van der Waals surface area contributed by atoms with Crippen LogP contribution in [0.15, 0.2) is 44.5 Å². The van der Waals surface area contributed by atoms with Crippen LogP contribution in [0.25, 0.3) is 11.5 Å². The lowest BCUT2D eigenvalue weighted by molar-refractivity contribution is -0.113. The van der Waals surface area contributed by atoms with Gasteiger partial charge in [-0.25, -0.2) is 8.42 Å². The summed E-state index contributed by atoms with van der Waals surface area (Å²) < 4.78 is 35.1. The van der Waals surface area contributed by atoms with Crippen LogP contribution in [-0.4, -0.2) is 41.7 Å². The molecule has 2 N–H and O–H groups in total. The number of benzene rings is 1. The van der Waals surface area contributed by atoms with E-state index in [2.05, 4.69) is 25.4 Å². The van der Waals surface area contributed by atoms with Gasteiger partial charge in [0.25, 0.3) is 5.22 Å². The first-order valence-corrected chi connectivity index (χ1v) is 10.4. The van der Waals surface area contributed by atoms with Gasteiger partial charge in [-0.15, -0.1) is 10.2 Å². The lowest BCUT2D eigenvalue weighted by Crippen LogP contribution is -2.14. The molecule has 0 saturated carbocycles. The smallest absolute Gasteiger partial charge is 0.277 e. The lowest BCUT2D eigenvalue weighted by Gasteiger charge is -2.03. The molecule has 0 saturated heterocycles. The fraction of sp³-hybridized carbons (Fsp3) is 0.200. The summed E-state index contributed by atoms with van der Waals surface area (Å²) in [4.78, 5) is 11.9. The maximum absolute atomic E-state index is 11.9. The number of sulfonamides is 1. The maximum atomic E-state index is 11.9. The highest BCUT2D eigenvalue weighted by Gasteiger charge is 2.13. The van der Waals surface area contributed by atoms with Crippen LogP contribution in [0.4, 0.5) is 11.5 Å². The molecule has 1 aromatic carbocycles. The van der Waals surface area contributed by atoms with E-state index in [0.717, 1.165) is 18.0 Å². The Kier molecular flexibility index (Phi) is 5.46. The highest BCUT2D eigenvalue weighted by molar-refractivity contribution is 7.99. The van der Waals surface area contributed by atoms with Gasteiger partial charge in [-0.1, -0.05) is 16.9 Å². The van der Waals surface area contributed by atoms with Crippen molar-refractivity contribution >= 4 is 39.2 Å². The average molecular weight is 409 g/mol. The second-order valence-electron chi connectivity index (χ2n) is 5.48. The van der Waals surface area contributed by atoms with Gasteiger partial charge >= 0.3 is 0 Å². The molecule has 1 amide bonds. The van der Waals surface area contributed by atoms with Crippen LogP contribution in [0.1, 0.15) is 5.76 Å². The molecule has 0 fully saturated rings. The van der Waals surface area contributed by atoms with Crippen LogP contribution in [0.5, 0.6) is 0 Å². The monoisotopic (exact) mass is 409 g/mol. The third kappa shape index (κ3) is 5.56. The number of amides is 1. The van der Waals surface area contributed by atoms with Gasteiger partial charge in [-0.2, -0.15) is 0 Å². The Morgan fingerprint density at radius 2 is 1.96 bits per heavy atom. The van der Waals surface area contributed by atoms with Crippen molar-refractivity contribution < 1.29 is 22.2 Å². The Morgan fingerprint density at radius 1 is 1.22 bits per heavy atom. The van der Waals surface area contributed by atoms with E-state index in [4.69, 9.17) is 8.94 Å². The van der Waals surface area contributed by atoms with E-state index in [1.807, 2.05) is 0 Å². The molecule has 2 aromatic heterocycles. The molecule has 142 valence electrons. The molecule has 0 spiro atoms. The van der Waals surface area contributed by atoms with Crippen LogP contribution in [-0.2, 0) is 14.8 Å². The Labute approximate surface area is 158 Å². The molecular weight excluding hydrogens is 394 g/mol. The van der Waals surface area contributed by atoms with Crippen molar-refractivity contribution in [2.75, 3.05) is 22.0 Å². The first-order valence-electron chi connectivity index (χ1n) is 7.56. The minimum Gasteiger partial charge on any atom is -0.411 e. The zero-order chi connectivity index (χ0) is 19.4. The Hall–Kier alpha value is -2.86. The number of carbonyl (C=O) groups is 1. The van der Waals surface area contributed by atoms with Gasteiger partial charge in [0.05, 0.1) is 12.0 Å². The second-order valence-corrected chi connectivity index (χ2v) is 8.16. The number of rotatable bonds is 7. The number of thioether (sulfide) groups is 1. The highest BCUT2D eigenvalue weighted by Crippen LogP contribution is 2.24. The normalized spacial score (nSPS) is 11.3. The van der Waals surface area contributed by atoms with Gasteiger partial charge in [0.15, 0.2) is 5.82 Å². The van der Waals surface area contributed by atoms with Gasteiger partial charge in [0.1, 0.15) is 5.76 Å².